The van der Waals surface area contributed by atoms with Crippen molar-refractivity contribution in [2.75, 3.05) is 0 Å². The second-order valence-electron chi connectivity index (χ2n) is 4.40. The summed E-state index contributed by atoms with van der Waals surface area (Å²) in [7, 11) is -1.97. The van der Waals surface area contributed by atoms with Gasteiger partial charge in [0.15, 0.2) is 0 Å². The highest BCUT2D eigenvalue weighted by molar-refractivity contribution is 9.10. The van der Waals surface area contributed by atoms with E-state index in [0.29, 0.717) is 5.75 Å². The molecule has 0 saturated carbocycles. The highest BCUT2D eigenvalue weighted by Gasteiger charge is 2.14. The van der Waals surface area contributed by atoms with E-state index in [1.807, 2.05) is 14.0 Å². The van der Waals surface area contributed by atoms with Crippen molar-refractivity contribution in [3.8, 4) is 5.75 Å². The van der Waals surface area contributed by atoms with E-state index in [0.717, 1.165) is 15.9 Å². The van der Waals surface area contributed by atoms with Crippen LogP contribution in [0.2, 0.25) is 5.02 Å². The molecule has 0 aliphatic rings. The maximum Gasteiger partial charge on any atom is 0.238 e. The summed E-state index contributed by atoms with van der Waals surface area (Å²) in [5.41, 5.74) is 1.70. The van der Waals surface area contributed by atoms with Gasteiger partial charge in [0.05, 0.1) is 25.8 Å². The van der Waals surface area contributed by atoms with Gasteiger partial charge in [-0.3, -0.25) is 4.68 Å². The van der Waals surface area contributed by atoms with E-state index < -0.39 is 10.0 Å². The van der Waals surface area contributed by atoms with Crippen molar-refractivity contribution in [3.05, 3.63) is 39.1 Å². The van der Waals surface area contributed by atoms with E-state index >= 15 is 0 Å². The van der Waals surface area contributed by atoms with Crippen LogP contribution in [0.3, 0.4) is 0 Å². The second kappa shape index (κ2) is 5.96. The Balaban J connectivity index is 2.21. The van der Waals surface area contributed by atoms with Gasteiger partial charge in [-0.1, -0.05) is 11.6 Å². The molecule has 2 aromatic rings. The molecule has 0 aliphatic heterocycles. The monoisotopic (exact) mass is 393 g/mol. The zero-order valence-corrected chi connectivity index (χ0v) is 14.5. The predicted octanol–water partition coefficient (Wildman–Crippen LogP) is 2.37. The first kappa shape index (κ1) is 16.3. The van der Waals surface area contributed by atoms with Crippen LogP contribution in [0.5, 0.6) is 5.75 Å². The van der Waals surface area contributed by atoms with Crippen molar-refractivity contribution in [1.29, 1.82) is 0 Å². The summed E-state index contributed by atoms with van der Waals surface area (Å²) in [6, 6.07) is 4.08. The van der Waals surface area contributed by atoms with E-state index in [1.54, 1.807) is 4.68 Å². The lowest BCUT2D eigenvalue weighted by atomic mass is 10.3. The quantitative estimate of drug-likeness (QED) is 0.862. The Kier molecular flexibility index (Phi) is 4.62. The third kappa shape index (κ3) is 3.57. The van der Waals surface area contributed by atoms with Gasteiger partial charge in [-0.15, -0.1) is 0 Å². The highest BCUT2D eigenvalue weighted by atomic mass is 79.9. The molecule has 6 nitrogen and oxygen atoms in total. The van der Waals surface area contributed by atoms with E-state index in [1.165, 1.54) is 18.2 Å². The largest absolute Gasteiger partial charge is 0.486 e. The minimum Gasteiger partial charge on any atom is -0.486 e. The van der Waals surface area contributed by atoms with Crippen LogP contribution < -0.4 is 9.88 Å². The summed E-state index contributed by atoms with van der Waals surface area (Å²) in [5, 5.41) is 9.47. The Bertz CT molecular complexity index is 789. The van der Waals surface area contributed by atoms with Gasteiger partial charge in [-0.05, 0) is 41.1 Å². The molecular formula is C12H13BrClN3O3S. The fourth-order valence-corrected chi connectivity index (χ4v) is 3.05. The number of nitrogens with two attached hydrogens (primary N) is 1. The number of ether oxygens (including phenoxy) is 1. The molecule has 0 amide bonds. The fourth-order valence-electron chi connectivity index (χ4n) is 1.76. The smallest absolute Gasteiger partial charge is 0.238 e. The zero-order chi connectivity index (χ0) is 15.8. The number of aryl methyl sites for hydroxylation is 2. The van der Waals surface area contributed by atoms with E-state index in [4.69, 9.17) is 21.5 Å². The van der Waals surface area contributed by atoms with Crippen LogP contribution in [0.4, 0.5) is 0 Å². The molecule has 9 heteroatoms. The maximum atomic E-state index is 11.2. The van der Waals surface area contributed by atoms with Crippen molar-refractivity contribution in [3.63, 3.8) is 0 Å². The number of nitrogens with zero attached hydrogens (tertiary/aromatic N) is 2. The molecule has 0 saturated heterocycles. The van der Waals surface area contributed by atoms with Crippen molar-refractivity contribution in [2.45, 2.75) is 18.4 Å². The Morgan fingerprint density at radius 1 is 1.48 bits per heavy atom. The summed E-state index contributed by atoms with van der Waals surface area (Å²) in [6.45, 7) is 2.12. The minimum atomic E-state index is -3.78. The van der Waals surface area contributed by atoms with Gasteiger partial charge in [-0.25, -0.2) is 13.6 Å². The molecular weight excluding hydrogens is 382 g/mol. The number of sulfonamides is 1. The van der Waals surface area contributed by atoms with Crippen LogP contribution in [0.25, 0.3) is 0 Å². The van der Waals surface area contributed by atoms with Crippen molar-refractivity contribution in [1.82, 2.24) is 9.78 Å². The van der Waals surface area contributed by atoms with E-state index in [-0.39, 0.29) is 16.5 Å². The number of benzene rings is 1. The third-order valence-electron chi connectivity index (χ3n) is 2.86. The first-order valence-corrected chi connectivity index (χ1v) is 8.55. The van der Waals surface area contributed by atoms with Crippen LogP contribution in [0.15, 0.2) is 27.6 Å². The summed E-state index contributed by atoms with van der Waals surface area (Å²) < 4.78 is 30.6. The zero-order valence-electron chi connectivity index (χ0n) is 11.3. The van der Waals surface area contributed by atoms with Crippen molar-refractivity contribution < 1.29 is 13.2 Å². The van der Waals surface area contributed by atoms with Gasteiger partial charge in [0.25, 0.3) is 0 Å². The normalized spacial score (nSPS) is 11.7. The number of aromatic nitrogens is 2. The molecule has 1 aromatic carbocycles. The Labute approximate surface area is 136 Å². The Morgan fingerprint density at radius 2 is 2.14 bits per heavy atom. The average Bonchev–Trinajstić information content (AvgIpc) is 2.61. The standard InChI is InChI=1S/C12H13BrClN3O3S/c1-7-12(13)10(17(2)16-7)6-20-11-4-3-8(5-9(11)14)21(15,18)19/h3-5H,6H2,1-2H3,(H2,15,18,19). The van der Waals surface area contributed by atoms with Gasteiger partial charge < -0.3 is 4.74 Å². The maximum absolute atomic E-state index is 11.2. The van der Waals surface area contributed by atoms with Gasteiger partial charge in [0, 0.05) is 7.05 Å². The van der Waals surface area contributed by atoms with Crippen LogP contribution in [0.1, 0.15) is 11.4 Å². The van der Waals surface area contributed by atoms with Crippen molar-refractivity contribution >= 4 is 37.6 Å². The molecule has 114 valence electrons. The highest BCUT2D eigenvalue weighted by Crippen LogP contribution is 2.29. The van der Waals surface area contributed by atoms with Gasteiger partial charge >= 0.3 is 0 Å². The minimum absolute atomic E-state index is 0.0580. The molecule has 0 bridgehead atoms. The first-order valence-electron chi connectivity index (χ1n) is 5.83. The van der Waals surface area contributed by atoms with E-state index in [2.05, 4.69) is 21.0 Å². The number of hydrogen-bond acceptors (Lipinski definition) is 4. The topological polar surface area (TPSA) is 87.2 Å². The molecule has 21 heavy (non-hydrogen) atoms. The first-order chi connectivity index (χ1) is 9.70. The third-order valence-corrected chi connectivity index (χ3v) is 5.10. The Hall–Kier alpha value is -1.09. The van der Waals surface area contributed by atoms with Crippen molar-refractivity contribution in [2.24, 2.45) is 12.2 Å². The molecule has 2 N–H and O–H groups in total. The number of hydrogen-bond donors (Lipinski definition) is 1. The molecule has 0 fully saturated rings. The lowest BCUT2D eigenvalue weighted by Gasteiger charge is -2.09. The van der Waals surface area contributed by atoms with E-state index in [9.17, 15) is 8.42 Å². The SMILES string of the molecule is Cc1nn(C)c(COc2ccc(S(N)(=O)=O)cc2Cl)c1Br. The number of rotatable bonds is 4. The van der Waals surface area contributed by atoms with Crippen LogP contribution >= 0.6 is 27.5 Å². The summed E-state index contributed by atoms with van der Waals surface area (Å²) in [6.07, 6.45) is 0. The van der Waals surface area contributed by atoms with Gasteiger partial charge in [-0.2, -0.15) is 5.10 Å². The Morgan fingerprint density at radius 3 is 2.62 bits per heavy atom. The van der Waals surface area contributed by atoms with Crippen LogP contribution in [0, 0.1) is 6.92 Å². The molecule has 1 aromatic heterocycles. The molecule has 0 radical (unpaired) electrons. The average molecular weight is 395 g/mol. The molecule has 2 rings (SSSR count). The number of primary sulfonamides is 1. The van der Waals surface area contributed by atoms with Gasteiger partial charge in [0.2, 0.25) is 10.0 Å². The summed E-state index contributed by atoms with van der Waals surface area (Å²) in [4.78, 5) is -0.0580. The summed E-state index contributed by atoms with van der Waals surface area (Å²) >= 11 is 9.45. The van der Waals surface area contributed by atoms with Crippen LogP contribution in [-0.2, 0) is 23.7 Å². The summed E-state index contributed by atoms with van der Waals surface area (Å²) in [5.74, 6) is 0.370. The molecule has 0 atom stereocenters. The second-order valence-corrected chi connectivity index (χ2v) is 7.16. The molecule has 1 heterocycles. The fraction of sp³-hybridized carbons (Fsp3) is 0.250. The van der Waals surface area contributed by atoms with Crippen LogP contribution in [-0.4, -0.2) is 18.2 Å². The molecule has 0 aliphatic carbocycles. The molecule has 0 spiro atoms. The predicted molar refractivity (Wildman–Crippen MR) is 82.8 cm³/mol. The lowest BCUT2D eigenvalue weighted by molar-refractivity contribution is 0.294. The number of halogens is 2. The molecule has 0 unspecified atom stereocenters. The van der Waals surface area contributed by atoms with Gasteiger partial charge in [0.1, 0.15) is 12.4 Å². The lowest BCUT2D eigenvalue weighted by Crippen LogP contribution is -2.12.